The number of hydrogen-bond acceptors (Lipinski definition) is 0. The van der Waals surface area contributed by atoms with E-state index in [9.17, 15) is 0 Å². The molecule has 0 N–H and O–H groups in total. The summed E-state index contributed by atoms with van der Waals surface area (Å²) in [6, 6.07) is 7.19. The van der Waals surface area contributed by atoms with E-state index in [0.29, 0.717) is 0 Å². The van der Waals surface area contributed by atoms with Crippen LogP contribution in [-0.2, 0) is 0 Å². The quantitative estimate of drug-likeness (QED) is 0.666. The van der Waals surface area contributed by atoms with Gasteiger partial charge >= 0.3 is 0 Å². The zero-order valence-electron chi connectivity index (χ0n) is 7.50. The van der Waals surface area contributed by atoms with Gasteiger partial charge in [-0.25, -0.2) is 0 Å². The van der Waals surface area contributed by atoms with Gasteiger partial charge in [0.2, 0.25) is 0 Å². The molecule has 2 aromatic rings. The fourth-order valence-electron chi connectivity index (χ4n) is 1.88. The fourth-order valence-corrected chi connectivity index (χ4v) is 3.68. The van der Waals surface area contributed by atoms with Crippen molar-refractivity contribution >= 4 is 49.4 Å². The molecule has 1 nitrogen and oxygen atoms in total. The van der Waals surface area contributed by atoms with Gasteiger partial charge in [-0.1, -0.05) is 22.0 Å². The van der Waals surface area contributed by atoms with Gasteiger partial charge in [0, 0.05) is 25.7 Å². The molecular formula is C11H9BrIN. The van der Waals surface area contributed by atoms with E-state index in [1.807, 2.05) is 0 Å². The lowest BCUT2D eigenvalue weighted by Crippen LogP contribution is -1.89. The predicted molar refractivity (Wildman–Crippen MR) is 70.6 cm³/mol. The van der Waals surface area contributed by atoms with Crippen LogP contribution in [-0.4, -0.2) is 4.57 Å². The van der Waals surface area contributed by atoms with Gasteiger partial charge in [-0.05, 0) is 47.6 Å². The van der Waals surface area contributed by atoms with Gasteiger partial charge in [-0.3, -0.25) is 0 Å². The van der Waals surface area contributed by atoms with Gasteiger partial charge in [0.15, 0.2) is 0 Å². The Kier molecular flexibility index (Phi) is 2.13. The van der Waals surface area contributed by atoms with Crippen molar-refractivity contribution in [1.29, 1.82) is 0 Å². The van der Waals surface area contributed by atoms with E-state index in [-0.39, 0.29) is 0 Å². The van der Waals surface area contributed by atoms with Gasteiger partial charge in [0.1, 0.15) is 0 Å². The SMILES string of the molecule is Brc1cccc2c1c(I)cn2C1CC1. The van der Waals surface area contributed by atoms with Crippen molar-refractivity contribution in [1.82, 2.24) is 4.57 Å². The molecule has 72 valence electrons. The Morgan fingerprint density at radius 3 is 2.86 bits per heavy atom. The molecule has 0 atom stereocenters. The van der Waals surface area contributed by atoms with E-state index in [2.05, 4.69) is 67.5 Å². The second kappa shape index (κ2) is 3.23. The van der Waals surface area contributed by atoms with E-state index in [4.69, 9.17) is 0 Å². The highest BCUT2D eigenvalue weighted by Gasteiger charge is 2.25. The highest BCUT2D eigenvalue weighted by atomic mass is 127. The molecule has 1 aliphatic rings. The summed E-state index contributed by atoms with van der Waals surface area (Å²) in [6.45, 7) is 0. The largest absolute Gasteiger partial charge is 0.343 e. The van der Waals surface area contributed by atoms with Gasteiger partial charge in [-0.2, -0.15) is 0 Å². The molecule has 1 aromatic heterocycles. The van der Waals surface area contributed by atoms with Gasteiger partial charge in [-0.15, -0.1) is 0 Å². The number of aromatic nitrogens is 1. The van der Waals surface area contributed by atoms with Crippen molar-refractivity contribution in [2.45, 2.75) is 18.9 Å². The molecule has 0 bridgehead atoms. The predicted octanol–water partition coefficient (Wildman–Crippen LogP) is 4.34. The van der Waals surface area contributed by atoms with Gasteiger partial charge < -0.3 is 4.57 Å². The second-order valence-electron chi connectivity index (χ2n) is 3.75. The molecule has 3 rings (SSSR count). The molecule has 0 saturated heterocycles. The maximum atomic E-state index is 3.61. The van der Waals surface area contributed by atoms with Crippen molar-refractivity contribution in [2.75, 3.05) is 0 Å². The first-order valence-electron chi connectivity index (χ1n) is 4.72. The summed E-state index contributed by atoms with van der Waals surface area (Å²) in [7, 11) is 0. The first kappa shape index (κ1) is 9.21. The lowest BCUT2D eigenvalue weighted by molar-refractivity contribution is 0.774. The Labute approximate surface area is 105 Å². The Morgan fingerprint density at radius 1 is 1.36 bits per heavy atom. The molecule has 1 saturated carbocycles. The normalized spacial score (nSPS) is 16.4. The average Bonchev–Trinajstić information content (AvgIpc) is 2.93. The number of nitrogens with zero attached hydrogens (tertiary/aromatic N) is 1. The van der Waals surface area contributed by atoms with Crippen LogP contribution in [0.2, 0.25) is 0 Å². The summed E-state index contributed by atoms with van der Waals surface area (Å²) < 4.78 is 4.97. The fraction of sp³-hybridized carbons (Fsp3) is 0.273. The molecule has 14 heavy (non-hydrogen) atoms. The summed E-state index contributed by atoms with van der Waals surface area (Å²) in [4.78, 5) is 0. The van der Waals surface area contributed by atoms with Crippen molar-refractivity contribution in [3.63, 3.8) is 0 Å². The van der Waals surface area contributed by atoms with Crippen molar-refractivity contribution < 1.29 is 0 Å². The number of benzene rings is 1. The minimum atomic E-state index is 0.760. The van der Waals surface area contributed by atoms with Crippen molar-refractivity contribution in [3.8, 4) is 0 Å². The van der Waals surface area contributed by atoms with Crippen LogP contribution in [0.4, 0.5) is 0 Å². The lowest BCUT2D eigenvalue weighted by Gasteiger charge is -2.01. The Hall–Kier alpha value is -0.0300. The number of fused-ring (bicyclic) bond motifs is 1. The van der Waals surface area contributed by atoms with Gasteiger partial charge in [0.05, 0.1) is 5.52 Å². The molecule has 1 aliphatic carbocycles. The summed E-state index contributed by atoms with van der Waals surface area (Å²) in [5.41, 5.74) is 1.37. The summed E-state index contributed by atoms with van der Waals surface area (Å²) >= 11 is 6.03. The molecule has 0 aliphatic heterocycles. The minimum absolute atomic E-state index is 0.760. The van der Waals surface area contributed by atoms with Crippen LogP contribution < -0.4 is 0 Å². The Balaban J connectivity index is 2.37. The molecule has 0 amide bonds. The van der Waals surface area contributed by atoms with Crippen LogP contribution in [0, 0.1) is 3.57 Å². The smallest absolute Gasteiger partial charge is 0.0505 e. The standard InChI is InChI=1S/C11H9BrIN/c12-8-2-1-3-10-11(8)9(13)6-14(10)7-4-5-7/h1-3,6-7H,4-5H2. The maximum absolute atomic E-state index is 3.61. The van der Waals surface area contributed by atoms with E-state index in [1.165, 1.54) is 31.8 Å². The van der Waals surface area contributed by atoms with Crippen molar-refractivity contribution in [2.24, 2.45) is 0 Å². The first-order valence-corrected chi connectivity index (χ1v) is 6.59. The van der Waals surface area contributed by atoms with Crippen LogP contribution >= 0.6 is 38.5 Å². The first-order chi connectivity index (χ1) is 6.77. The van der Waals surface area contributed by atoms with E-state index >= 15 is 0 Å². The molecule has 3 heteroatoms. The van der Waals surface area contributed by atoms with Crippen molar-refractivity contribution in [3.05, 3.63) is 32.4 Å². The van der Waals surface area contributed by atoms with Crippen LogP contribution in [0.1, 0.15) is 18.9 Å². The molecular weight excluding hydrogens is 353 g/mol. The summed E-state index contributed by atoms with van der Waals surface area (Å²) in [6.07, 6.45) is 4.95. The second-order valence-corrected chi connectivity index (χ2v) is 5.77. The van der Waals surface area contributed by atoms with Crippen LogP contribution in [0.3, 0.4) is 0 Å². The monoisotopic (exact) mass is 361 g/mol. The molecule has 1 fully saturated rings. The highest BCUT2D eigenvalue weighted by molar-refractivity contribution is 14.1. The zero-order valence-corrected chi connectivity index (χ0v) is 11.2. The Morgan fingerprint density at radius 2 is 2.14 bits per heavy atom. The maximum Gasteiger partial charge on any atom is 0.0505 e. The molecule has 0 spiro atoms. The number of rotatable bonds is 1. The topological polar surface area (TPSA) is 4.93 Å². The molecule has 1 aromatic carbocycles. The zero-order chi connectivity index (χ0) is 9.71. The van der Waals surface area contributed by atoms with Crippen LogP contribution in [0.15, 0.2) is 28.9 Å². The number of hydrogen-bond donors (Lipinski definition) is 0. The van der Waals surface area contributed by atoms with E-state index < -0.39 is 0 Å². The average molecular weight is 362 g/mol. The third-order valence-corrected chi connectivity index (χ3v) is 4.18. The summed E-state index contributed by atoms with van der Waals surface area (Å²) in [5, 5.41) is 1.36. The lowest BCUT2D eigenvalue weighted by atomic mass is 10.2. The molecule has 0 unspecified atom stereocenters. The highest BCUT2D eigenvalue weighted by Crippen LogP contribution is 2.40. The Bertz CT molecular complexity index is 499. The summed E-state index contributed by atoms with van der Waals surface area (Å²) in [5.74, 6) is 0. The third-order valence-electron chi connectivity index (χ3n) is 2.70. The minimum Gasteiger partial charge on any atom is -0.343 e. The molecule has 0 radical (unpaired) electrons. The third kappa shape index (κ3) is 1.33. The molecule has 1 heterocycles. The van der Waals surface area contributed by atoms with E-state index in [1.54, 1.807) is 0 Å². The van der Waals surface area contributed by atoms with Gasteiger partial charge in [0.25, 0.3) is 0 Å². The number of halogens is 2. The van der Waals surface area contributed by atoms with Crippen LogP contribution in [0.5, 0.6) is 0 Å². The van der Waals surface area contributed by atoms with E-state index in [0.717, 1.165) is 6.04 Å². The van der Waals surface area contributed by atoms with Crippen LogP contribution in [0.25, 0.3) is 10.9 Å².